The number of nitrogens with zero attached hydrogens (tertiary/aromatic N) is 2. The largest absolute Gasteiger partial charge is 0.493 e. The molecule has 2 aromatic carbocycles. The van der Waals surface area contributed by atoms with E-state index in [1.165, 1.54) is 113 Å². The van der Waals surface area contributed by atoms with Gasteiger partial charge in [-0.05, 0) is 51.0 Å². The van der Waals surface area contributed by atoms with Crippen molar-refractivity contribution < 1.29 is 9.47 Å². The fraction of sp³-hybridized carbons (Fsp3) is 0.692. The molecule has 2 rings (SSSR count). The second-order valence-corrected chi connectivity index (χ2v) is 12.4. The Morgan fingerprint density at radius 1 is 0.581 bits per heavy atom. The Morgan fingerprint density at radius 2 is 1.07 bits per heavy atom. The van der Waals surface area contributed by atoms with E-state index in [-0.39, 0.29) is 6.10 Å². The van der Waals surface area contributed by atoms with Crippen LogP contribution in [0.2, 0.25) is 0 Å². The van der Waals surface area contributed by atoms with Crippen molar-refractivity contribution in [3.8, 4) is 5.75 Å². The lowest BCUT2D eigenvalue weighted by Gasteiger charge is -2.26. The van der Waals surface area contributed by atoms with Gasteiger partial charge in [0.05, 0.1) is 6.61 Å². The van der Waals surface area contributed by atoms with E-state index in [9.17, 15) is 0 Å². The van der Waals surface area contributed by atoms with Crippen LogP contribution in [0.4, 0.5) is 11.4 Å². The van der Waals surface area contributed by atoms with Gasteiger partial charge in [0.1, 0.15) is 11.9 Å². The molecule has 4 heteroatoms. The molecule has 0 amide bonds. The van der Waals surface area contributed by atoms with Crippen LogP contribution < -0.4 is 14.5 Å². The summed E-state index contributed by atoms with van der Waals surface area (Å²) in [4.78, 5) is 4.51. The molecule has 0 aliphatic heterocycles. The van der Waals surface area contributed by atoms with Gasteiger partial charge in [0.25, 0.3) is 0 Å². The third kappa shape index (κ3) is 14.4. The Kier molecular flexibility index (Phi) is 20.0. The first-order valence-corrected chi connectivity index (χ1v) is 18.0. The van der Waals surface area contributed by atoms with E-state index in [0.717, 1.165) is 37.4 Å². The monoisotopic (exact) mass is 595 g/mol. The normalized spacial score (nSPS) is 12.0. The Hall–Kier alpha value is -2.20. The number of hydrogen-bond donors (Lipinski definition) is 0. The number of benzene rings is 2. The Morgan fingerprint density at radius 3 is 1.53 bits per heavy atom. The van der Waals surface area contributed by atoms with Crippen molar-refractivity contribution in [2.45, 2.75) is 137 Å². The minimum atomic E-state index is -0.139. The standard InChI is InChI=1S/C39H66N2O2/c1-7-11-12-13-14-15-16-17-18-19-20-21-22-23-24-25-32-43-39(34-26-28-35(29-27-34)40(5)6)37-31-30-36(41(8-2)9-3)33-38(37)42-10-4/h26-31,33,39H,7-25,32H2,1-6H3. The molecular weight excluding hydrogens is 528 g/mol. The van der Waals surface area contributed by atoms with Crippen molar-refractivity contribution in [3.63, 3.8) is 0 Å². The maximum atomic E-state index is 6.67. The number of rotatable bonds is 26. The molecule has 0 bridgehead atoms. The molecule has 4 nitrogen and oxygen atoms in total. The van der Waals surface area contributed by atoms with Crippen LogP contribution in [0.3, 0.4) is 0 Å². The molecule has 0 spiro atoms. The molecule has 0 aromatic heterocycles. The molecule has 2 aromatic rings. The van der Waals surface area contributed by atoms with Crippen molar-refractivity contribution in [3.05, 3.63) is 53.6 Å². The van der Waals surface area contributed by atoms with Crippen molar-refractivity contribution >= 4 is 11.4 Å². The van der Waals surface area contributed by atoms with Crippen LogP contribution >= 0.6 is 0 Å². The van der Waals surface area contributed by atoms with Gasteiger partial charge in [0.15, 0.2) is 0 Å². The summed E-state index contributed by atoms with van der Waals surface area (Å²) >= 11 is 0. The van der Waals surface area contributed by atoms with Crippen molar-refractivity contribution in [1.29, 1.82) is 0 Å². The molecule has 0 heterocycles. The predicted octanol–water partition coefficient (Wildman–Crippen LogP) is 11.4. The van der Waals surface area contributed by atoms with E-state index in [4.69, 9.17) is 9.47 Å². The number of unbranched alkanes of at least 4 members (excludes halogenated alkanes) is 15. The summed E-state index contributed by atoms with van der Waals surface area (Å²) in [5.41, 5.74) is 4.70. The van der Waals surface area contributed by atoms with Gasteiger partial charge < -0.3 is 19.3 Å². The van der Waals surface area contributed by atoms with Crippen molar-refractivity contribution in [2.24, 2.45) is 0 Å². The summed E-state index contributed by atoms with van der Waals surface area (Å²) < 4.78 is 12.9. The maximum Gasteiger partial charge on any atom is 0.127 e. The molecule has 0 aliphatic carbocycles. The molecule has 0 saturated carbocycles. The van der Waals surface area contributed by atoms with Gasteiger partial charge in [-0.15, -0.1) is 0 Å². The van der Waals surface area contributed by atoms with Gasteiger partial charge in [-0.25, -0.2) is 0 Å². The molecule has 1 atom stereocenters. The number of anilines is 2. The summed E-state index contributed by atoms with van der Waals surface area (Å²) in [7, 11) is 4.17. The van der Waals surface area contributed by atoms with E-state index >= 15 is 0 Å². The number of ether oxygens (including phenoxy) is 2. The first-order chi connectivity index (χ1) is 21.0. The highest BCUT2D eigenvalue weighted by molar-refractivity contribution is 5.56. The van der Waals surface area contributed by atoms with Gasteiger partial charge in [0, 0.05) is 56.8 Å². The summed E-state index contributed by atoms with van der Waals surface area (Å²) in [6.07, 6.45) is 21.9. The van der Waals surface area contributed by atoms with Crippen molar-refractivity contribution in [2.75, 3.05) is 50.2 Å². The maximum absolute atomic E-state index is 6.67. The third-order valence-corrected chi connectivity index (χ3v) is 8.70. The lowest BCUT2D eigenvalue weighted by atomic mass is 9.99. The Balaban J connectivity index is 1.82. The SMILES string of the molecule is CCCCCCCCCCCCCCCCCCOC(c1ccc(N(C)C)cc1)c1ccc(N(CC)CC)cc1OCC. The summed E-state index contributed by atoms with van der Waals surface area (Å²) in [5, 5.41) is 0. The van der Waals surface area contributed by atoms with Crippen LogP contribution in [-0.4, -0.2) is 40.4 Å². The van der Waals surface area contributed by atoms with Crippen LogP contribution in [0, 0.1) is 0 Å². The average molecular weight is 595 g/mol. The van der Waals surface area contributed by atoms with E-state index < -0.39 is 0 Å². The quantitative estimate of drug-likeness (QED) is 0.101. The molecule has 0 N–H and O–H groups in total. The third-order valence-electron chi connectivity index (χ3n) is 8.70. The first kappa shape index (κ1) is 37.0. The molecule has 0 fully saturated rings. The van der Waals surface area contributed by atoms with Crippen LogP contribution in [0.25, 0.3) is 0 Å². The van der Waals surface area contributed by atoms with Gasteiger partial charge in [-0.3, -0.25) is 0 Å². The molecular formula is C39H66N2O2. The van der Waals surface area contributed by atoms with Gasteiger partial charge >= 0.3 is 0 Å². The highest BCUT2D eigenvalue weighted by atomic mass is 16.5. The summed E-state index contributed by atoms with van der Waals surface area (Å²) in [6.45, 7) is 12.1. The molecule has 244 valence electrons. The van der Waals surface area contributed by atoms with Gasteiger partial charge in [-0.1, -0.05) is 121 Å². The smallest absolute Gasteiger partial charge is 0.127 e. The van der Waals surface area contributed by atoms with E-state index in [1.807, 2.05) is 0 Å². The lowest BCUT2D eigenvalue weighted by Crippen LogP contribution is -2.22. The van der Waals surface area contributed by atoms with Gasteiger partial charge in [0.2, 0.25) is 0 Å². The zero-order valence-electron chi connectivity index (χ0n) is 29.0. The molecule has 0 saturated heterocycles. The average Bonchev–Trinajstić information content (AvgIpc) is 3.02. The van der Waals surface area contributed by atoms with Crippen LogP contribution in [-0.2, 0) is 4.74 Å². The molecule has 0 radical (unpaired) electrons. The second-order valence-electron chi connectivity index (χ2n) is 12.4. The van der Waals surface area contributed by atoms with Crippen LogP contribution in [0.15, 0.2) is 42.5 Å². The highest BCUT2D eigenvalue weighted by Crippen LogP contribution is 2.36. The molecule has 43 heavy (non-hydrogen) atoms. The first-order valence-electron chi connectivity index (χ1n) is 18.0. The highest BCUT2D eigenvalue weighted by Gasteiger charge is 2.21. The summed E-state index contributed by atoms with van der Waals surface area (Å²) in [5.74, 6) is 0.931. The zero-order chi connectivity index (χ0) is 31.1. The fourth-order valence-corrected chi connectivity index (χ4v) is 5.97. The number of hydrogen-bond acceptors (Lipinski definition) is 4. The molecule has 1 unspecified atom stereocenters. The van der Waals surface area contributed by atoms with Crippen molar-refractivity contribution in [1.82, 2.24) is 0 Å². The van der Waals surface area contributed by atoms with E-state index in [0.29, 0.717) is 6.61 Å². The predicted molar refractivity (Wildman–Crippen MR) is 189 cm³/mol. The Bertz CT molecular complexity index is 939. The van der Waals surface area contributed by atoms with Crippen LogP contribution in [0.1, 0.15) is 148 Å². The Labute approximate surface area is 266 Å². The molecule has 0 aliphatic rings. The topological polar surface area (TPSA) is 24.9 Å². The van der Waals surface area contributed by atoms with E-state index in [1.54, 1.807) is 0 Å². The minimum Gasteiger partial charge on any atom is -0.493 e. The fourth-order valence-electron chi connectivity index (χ4n) is 5.97. The lowest BCUT2D eigenvalue weighted by molar-refractivity contribution is 0.0747. The summed E-state index contributed by atoms with van der Waals surface area (Å²) in [6, 6.07) is 15.4. The van der Waals surface area contributed by atoms with E-state index in [2.05, 4.69) is 94.1 Å². The van der Waals surface area contributed by atoms with Crippen LogP contribution in [0.5, 0.6) is 5.75 Å². The minimum absolute atomic E-state index is 0.139. The zero-order valence-corrected chi connectivity index (χ0v) is 29.0. The second kappa shape index (κ2) is 23.2. The van der Waals surface area contributed by atoms with Gasteiger partial charge in [-0.2, -0.15) is 0 Å².